The largest absolute Gasteiger partial charge is 0.423 e. The summed E-state index contributed by atoms with van der Waals surface area (Å²) in [6, 6.07) is 0. The van der Waals surface area contributed by atoms with Gasteiger partial charge in [-0.05, 0) is 79.6 Å². The lowest BCUT2D eigenvalue weighted by Crippen LogP contribution is -2.10. The molecule has 0 aliphatic heterocycles. The summed E-state index contributed by atoms with van der Waals surface area (Å²) in [5.41, 5.74) is 0. The fourth-order valence-electron chi connectivity index (χ4n) is 0.815. The van der Waals surface area contributed by atoms with E-state index in [9.17, 15) is 4.79 Å². The Labute approximate surface area is 143 Å². The minimum absolute atomic E-state index is 0.136. The van der Waals surface area contributed by atoms with Gasteiger partial charge >= 0.3 is 5.97 Å². The third-order valence-electron chi connectivity index (χ3n) is 1.49. The van der Waals surface area contributed by atoms with Crippen LogP contribution >= 0.6 is 95.6 Å². The van der Waals surface area contributed by atoms with Crippen molar-refractivity contribution in [3.05, 3.63) is 22.4 Å². The maximum Gasteiger partial charge on any atom is 0.322 e. The second-order valence-electron chi connectivity index (χ2n) is 2.51. The maximum atomic E-state index is 11.2. The Morgan fingerprint density at radius 1 is 0.875 bits per heavy atom. The van der Waals surface area contributed by atoms with E-state index < -0.39 is 0 Å². The molecule has 0 bridgehead atoms. The molecule has 0 aliphatic rings. The van der Waals surface area contributed by atoms with Crippen LogP contribution in [0.15, 0.2) is 22.4 Å². The van der Waals surface area contributed by atoms with Gasteiger partial charge in [0.25, 0.3) is 0 Å². The molecule has 0 fully saturated rings. The number of carbonyl (C=O) groups is 1. The van der Waals surface area contributed by atoms with Crippen LogP contribution in [0.2, 0.25) is 0 Å². The summed E-state index contributed by atoms with van der Waals surface area (Å²) < 4.78 is 8.85. The molecule has 1 rings (SSSR count). The summed E-state index contributed by atoms with van der Waals surface area (Å²) in [5.74, 6) is 0.0499. The SMILES string of the molecule is O=C(CBr)Oc1c(Br)c(Br)c(Br)c(Br)c1Br. The second-order valence-corrected chi connectivity index (χ2v) is 7.03. The lowest BCUT2D eigenvalue weighted by atomic mass is 10.3. The van der Waals surface area contributed by atoms with Gasteiger partial charge in [0.15, 0.2) is 5.75 Å². The van der Waals surface area contributed by atoms with Crippen LogP contribution in [-0.2, 0) is 4.79 Å². The standard InChI is InChI=1S/C8H2Br6O2/c9-1-2(15)16-8-6(13)4(11)3(10)5(12)7(8)14/h1H2. The van der Waals surface area contributed by atoms with E-state index in [0.717, 1.165) is 13.4 Å². The third-order valence-corrected chi connectivity index (χ3v) is 7.97. The maximum absolute atomic E-state index is 11.2. The highest BCUT2D eigenvalue weighted by Gasteiger charge is 2.20. The van der Waals surface area contributed by atoms with E-state index in [-0.39, 0.29) is 11.3 Å². The first-order chi connectivity index (χ1) is 7.40. The first-order valence-electron chi connectivity index (χ1n) is 3.68. The van der Waals surface area contributed by atoms with Gasteiger partial charge < -0.3 is 4.74 Å². The molecular weight excluding hydrogens is 608 g/mol. The number of ether oxygens (including phenoxy) is 1. The molecule has 2 nitrogen and oxygen atoms in total. The van der Waals surface area contributed by atoms with Crippen molar-refractivity contribution in [2.75, 3.05) is 5.33 Å². The second kappa shape index (κ2) is 6.65. The summed E-state index contributed by atoms with van der Waals surface area (Å²) in [6.45, 7) is 0. The number of halogens is 6. The molecular formula is C8H2Br6O2. The van der Waals surface area contributed by atoms with E-state index in [2.05, 4.69) is 95.6 Å². The fourth-order valence-corrected chi connectivity index (χ4v) is 4.10. The molecule has 1 aromatic carbocycles. The van der Waals surface area contributed by atoms with E-state index in [0.29, 0.717) is 14.7 Å². The fraction of sp³-hybridized carbons (Fsp3) is 0.125. The van der Waals surface area contributed by atoms with E-state index >= 15 is 0 Å². The Bertz CT molecular complexity index is 416. The van der Waals surface area contributed by atoms with Crippen LogP contribution in [0.1, 0.15) is 0 Å². The van der Waals surface area contributed by atoms with Gasteiger partial charge in [-0.25, -0.2) is 0 Å². The van der Waals surface area contributed by atoms with E-state index in [4.69, 9.17) is 4.74 Å². The first-order valence-corrected chi connectivity index (χ1v) is 8.76. The average Bonchev–Trinajstić information content (AvgIpc) is 2.29. The van der Waals surface area contributed by atoms with Gasteiger partial charge in [-0.3, -0.25) is 4.79 Å². The predicted octanol–water partition coefficient (Wildman–Crippen LogP) is 5.80. The lowest BCUT2D eigenvalue weighted by molar-refractivity contribution is -0.131. The molecule has 8 heteroatoms. The molecule has 0 aliphatic carbocycles. The van der Waals surface area contributed by atoms with Crippen LogP contribution in [0, 0.1) is 0 Å². The van der Waals surface area contributed by atoms with Gasteiger partial charge in [-0.2, -0.15) is 0 Å². The minimum atomic E-state index is -0.373. The number of carbonyl (C=O) groups excluding carboxylic acids is 1. The topological polar surface area (TPSA) is 26.3 Å². The molecule has 0 atom stereocenters. The zero-order chi connectivity index (χ0) is 12.5. The molecule has 88 valence electrons. The Hall–Kier alpha value is 1.57. The molecule has 0 saturated carbocycles. The van der Waals surface area contributed by atoms with Gasteiger partial charge in [0.2, 0.25) is 0 Å². The summed E-state index contributed by atoms with van der Waals surface area (Å²) in [5, 5.41) is 0.136. The molecule has 0 N–H and O–H groups in total. The van der Waals surface area contributed by atoms with E-state index in [1.165, 1.54) is 0 Å². The molecule has 0 aromatic heterocycles. The van der Waals surface area contributed by atoms with Crippen molar-refractivity contribution in [2.24, 2.45) is 0 Å². The molecule has 16 heavy (non-hydrogen) atoms. The quantitative estimate of drug-likeness (QED) is 0.139. The normalized spacial score (nSPS) is 10.4. The highest BCUT2D eigenvalue weighted by molar-refractivity contribution is 9.15. The zero-order valence-electron chi connectivity index (χ0n) is 7.29. The van der Waals surface area contributed by atoms with Crippen molar-refractivity contribution in [3.63, 3.8) is 0 Å². The van der Waals surface area contributed by atoms with Crippen LogP contribution in [0.5, 0.6) is 5.75 Å². The number of alkyl halides is 1. The van der Waals surface area contributed by atoms with Crippen LogP contribution in [0.3, 0.4) is 0 Å². The molecule has 0 unspecified atom stereocenters. The molecule has 0 saturated heterocycles. The van der Waals surface area contributed by atoms with Crippen molar-refractivity contribution in [2.45, 2.75) is 0 Å². The van der Waals surface area contributed by atoms with Crippen molar-refractivity contribution in [3.8, 4) is 5.75 Å². The van der Waals surface area contributed by atoms with E-state index in [1.807, 2.05) is 0 Å². The number of hydrogen-bond donors (Lipinski definition) is 0. The monoisotopic (exact) mass is 604 g/mol. The highest BCUT2D eigenvalue weighted by Crippen LogP contribution is 2.48. The van der Waals surface area contributed by atoms with Crippen molar-refractivity contribution in [1.29, 1.82) is 0 Å². The summed E-state index contributed by atoms with van der Waals surface area (Å²) in [4.78, 5) is 11.2. The Morgan fingerprint density at radius 2 is 1.25 bits per heavy atom. The lowest BCUT2D eigenvalue weighted by Gasteiger charge is -2.12. The van der Waals surface area contributed by atoms with E-state index in [1.54, 1.807) is 0 Å². The number of rotatable bonds is 2. The number of esters is 1. The van der Waals surface area contributed by atoms with Crippen LogP contribution in [-0.4, -0.2) is 11.3 Å². The molecule has 0 amide bonds. The molecule has 0 radical (unpaired) electrons. The van der Waals surface area contributed by atoms with Crippen LogP contribution < -0.4 is 4.74 Å². The van der Waals surface area contributed by atoms with Crippen molar-refractivity contribution in [1.82, 2.24) is 0 Å². The Kier molecular flexibility index (Phi) is 6.50. The molecule has 0 spiro atoms. The first kappa shape index (κ1) is 15.6. The van der Waals surface area contributed by atoms with Gasteiger partial charge in [-0.15, -0.1) is 0 Å². The zero-order valence-corrected chi connectivity index (χ0v) is 16.8. The van der Waals surface area contributed by atoms with Gasteiger partial charge in [0, 0.05) is 4.47 Å². The number of hydrogen-bond acceptors (Lipinski definition) is 2. The van der Waals surface area contributed by atoms with Crippen LogP contribution in [0.4, 0.5) is 0 Å². The average molecular weight is 610 g/mol. The van der Waals surface area contributed by atoms with Gasteiger partial charge in [0.1, 0.15) is 5.33 Å². The van der Waals surface area contributed by atoms with Gasteiger partial charge in [0.05, 0.1) is 17.9 Å². The predicted molar refractivity (Wildman–Crippen MR) is 84.4 cm³/mol. The van der Waals surface area contributed by atoms with Crippen LogP contribution in [0.25, 0.3) is 0 Å². The smallest absolute Gasteiger partial charge is 0.322 e. The van der Waals surface area contributed by atoms with Crippen molar-refractivity contribution < 1.29 is 9.53 Å². The van der Waals surface area contributed by atoms with Gasteiger partial charge in [-0.1, -0.05) is 15.9 Å². The summed E-state index contributed by atoms with van der Waals surface area (Å²) >= 11 is 19.9. The molecule has 0 heterocycles. The number of benzene rings is 1. The highest BCUT2D eigenvalue weighted by atomic mass is 79.9. The Balaban J connectivity index is 3.34. The third kappa shape index (κ3) is 3.32. The van der Waals surface area contributed by atoms with Crippen molar-refractivity contribution >= 4 is 102 Å². The summed E-state index contributed by atoms with van der Waals surface area (Å²) in [7, 11) is 0. The summed E-state index contributed by atoms with van der Waals surface area (Å²) in [6.07, 6.45) is 0. The Morgan fingerprint density at radius 3 is 1.62 bits per heavy atom. The molecule has 1 aromatic rings. The minimum Gasteiger partial charge on any atom is -0.423 e.